The normalized spacial score (nSPS) is 12.8. The molecule has 21 heavy (non-hydrogen) atoms. The van der Waals surface area contributed by atoms with Gasteiger partial charge in [0, 0.05) is 6.54 Å². The van der Waals surface area contributed by atoms with Crippen molar-refractivity contribution in [2.24, 2.45) is 0 Å². The molecule has 1 aromatic carbocycles. The van der Waals surface area contributed by atoms with Gasteiger partial charge in [0.2, 0.25) is 5.91 Å². The lowest BCUT2D eigenvalue weighted by atomic mass is 10.1. The third-order valence-electron chi connectivity index (χ3n) is 2.80. The second-order valence-electron chi connectivity index (χ2n) is 4.46. The molecule has 6 nitrogen and oxygen atoms in total. The Bertz CT molecular complexity index is 520. The third kappa shape index (κ3) is 5.18. The first-order chi connectivity index (χ1) is 10.1. The van der Waals surface area contributed by atoms with Crippen LogP contribution in [0.1, 0.15) is 5.56 Å². The highest BCUT2D eigenvalue weighted by Crippen LogP contribution is 2.30. The SMILES string of the molecule is O=C(O)CSCC(=O)NCCc1ccc2c(c1)OCCO2. The molecule has 0 spiro atoms. The molecule has 0 radical (unpaired) electrons. The van der Waals surface area contributed by atoms with Gasteiger partial charge in [-0.3, -0.25) is 9.59 Å². The lowest BCUT2D eigenvalue weighted by molar-refractivity contribution is -0.133. The molecule has 0 saturated carbocycles. The Hall–Kier alpha value is -1.89. The van der Waals surface area contributed by atoms with Crippen LogP contribution in [0.25, 0.3) is 0 Å². The van der Waals surface area contributed by atoms with E-state index in [1.807, 2.05) is 18.2 Å². The average Bonchev–Trinajstić information content (AvgIpc) is 2.47. The Balaban J connectivity index is 1.71. The van der Waals surface area contributed by atoms with Crippen LogP contribution in [0.4, 0.5) is 0 Å². The van der Waals surface area contributed by atoms with Crippen LogP contribution >= 0.6 is 11.8 Å². The topological polar surface area (TPSA) is 84.9 Å². The molecule has 1 heterocycles. The minimum atomic E-state index is -0.913. The summed E-state index contributed by atoms with van der Waals surface area (Å²) in [4.78, 5) is 21.8. The van der Waals surface area contributed by atoms with E-state index in [1.165, 1.54) is 0 Å². The zero-order valence-electron chi connectivity index (χ0n) is 11.5. The summed E-state index contributed by atoms with van der Waals surface area (Å²) in [5, 5.41) is 11.2. The molecule has 1 amide bonds. The van der Waals surface area contributed by atoms with Crippen molar-refractivity contribution in [2.45, 2.75) is 6.42 Å². The molecule has 0 saturated heterocycles. The van der Waals surface area contributed by atoms with Gasteiger partial charge in [-0.05, 0) is 24.1 Å². The van der Waals surface area contributed by atoms with E-state index in [9.17, 15) is 9.59 Å². The predicted molar refractivity (Wildman–Crippen MR) is 79.1 cm³/mol. The highest BCUT2D eigenvalue weighted by molar-refractivity contribution is 8.00. The fourth-order valence-corrected chi connectivity index (χ4v) is 2.44. The van der Waals surface area contributed by atoms with Crippen molar-refractivity contribution in [1.82, 2.24) is 5.32 Å². The zero-order valence-corrected chi connectivity index (χ0v) is 12.3. The Morgan fingerprint density at radius 3 is 2.71 bits per heavy atom. The van der Waals surface area contributed by atoms with Crippen LogP contribution < -0.4 is 14.8 Å². The average molecular weight is 311 g/mol. The Labute approximate surface area is 126 Å². The number of fused-ring (bicyclic) bond motifs is 1. The largest absolute Gasteiger partial charge is 0.486 e. The van der Waals surface area contributed by atoms with Crippen molar-refractivity contribution in [1.29, 1.82) is 0 Å². The standard InChI is InChI=1S/C14H17NO5S/c16-13(8-21-9-14(17)18)15-4-3-10-1-2-11-12(7-10)20-6-5-19-11/h1-2,7H,3-6,8-9H2,(H,15,16)(H,17,18). The number of amides is 1. The number of carboxylic acids is 1. The van der Waals surface area contributed by atoms with Crippen molar-refractivity contribution in [3.8, 4) is 11.5 Å². The van der Waals surface area contributed by atoms with Crippen molar-refractivity contribution in [3.63, 3.8) is 0 Å². The first kappa shape index (κ1) is 15.5. The smallest absolute Gasteiger partial charge is 0.313 e. The molecular formula is C14H17NO5S. The highest BCUT2D eigenvalue weighted by atomic mass is 32.2. The van der Waals surface area contributed by atoms with Crippen molar-refractivity contribution >= 4 is 23.6 Å². The number of ether oxygens (including phenoxy) is 2. The second-order valence-corrected chi connectivity index (χ2v) is 5.45. The van der Waals surface area contributed by atoms with Gasteiger partial charge in [-0.1, -0.05) is 6.07 Å². The zero-order chi connectivity index (χ0) is 15.1. The van der Waals surface area contributed by atoms with Crippen LogP contribution in [-0.4, -0.2) is 48.2 Å². The molecule has 1 aliphatic rings. The monoisotopic (exact) mass is 311 g/mol. The number of hydrogen-bond acceptors (Lipinski definition) is 5. The number of aliphatic carboxylic acids is 1. The first-order valence-corrected chi connectivity index (χ1v) is 7.75. The molecule has 114 valence electrons. The van der Waals surface area contributed by atoms with Crippen LogP contribution in [0, 0.1) is 0 Å². The lowest BCUT2D eigenvalue weighted by Gasteiger charge is -2.18. The summed E-state index contributed by atoms with van der Waals surface area (Å²) < 4.78 is 10.9. The summed E-state index contributed by atoms with van der Waals surface area (Å²) in [6.45, 7) is 1.62. The Morgan fingerprint density at radius 1 is 1.19 bits per heavy atom. The molecule has 0 aromatic heterocycles. The number of carbonyl (C=O) groups is 2. The van der Waals surface area contributed by atoms with Gasteiger partial charge in [-0.25, -0.2) is 0 Å². The molecule has 1 aliphatic heterocycles. The summed E-state index contributed by atoms with van der Waals surface area (Å²) in [6, 6.07) is 5.73. The molecule has 0 atom stereocenters. The molecule has 2 rings (SSSR count). The van der Waals surface area contributed by atoms with Crippen LogP contribution in [0.5, 0.6) is 11.5 Å². The maximum atomic E-state index is 11.5. The summed E-state index contributed by atoms with van der Waals surface area (Å²) in [5.74, 6) is 0.521. The van der Waals surface area contributed by atoms with Gasteiger partial charge in [-0.2, -0.15) is 0 Å². The third-order valence-corrected chi connectivity index (χ3v) is 3.72. The van der Waals surface area contributed by atoms with Crippen LogP contribution in [0.2, 0.25) is 0 Å². The van der Waals surface area contributed by atoms with E-state index in [1.54, 1.807) is 0 Å². The molecule has 0 bridgehead atoms. The molecule has 0 fully saturated rings. The van der Waals surface area contributed by atoms with Gasteiger partial charge >= 0.3 is 5.97 Å². The van der Waals surface area contributed by atoms with Crippen LogP contribution in [0.15, 0.2) is 18.2 Å². The number of rotatable bonds is 7. The van der Waals surface area contributed by atoms with Crippen molar-refractivity contribution < 1.29 is 24.2 Å². The lowest BCUT2D eigenvalue weighted by Crippen LogP contribution is -2.27. The molecule has 1 aromatic rings. The fraction of sp³-hybridized carbons (Fsp3) is 0.429. The number of benzene rings is 1. The predicted octanol–water partition coefficient (Wildman–Crippen LogP) is 0.934. The minimum absolute atomic E-state index is 0.0599. The van der Waals surface area contributed by atoms with E-state index >= 15 is 0 Å². The van der Waals surface area contributed by atoms with Crippen molar-refractivity contribution in [2.75, 3.05) is 31.3 Å². The van der Waals surface area contributed by atoms with Gasteiger partial charge in [0.25, 0.3) is 0 Å². The molecule has 7 heteroatoms. The number of nitrogens with one attached hydrogen (secondary N) is 1. The van der Waals surface area contributed by atoms with Crippen molar-refractivity contribution in [3.05, 3.63) is 23.8 Å². The van der Waals surface area contributed by atoms with Gasteiger partial charge in [0.05, 0.1) is 11.5 Å². The maximum Gasteiger partial charge on any atom is 0.313 e. The van der Waals surface area contributed by atoms with E-state index in [2.05, 4.69) is 5.32 Å². The summed E-state index contributed by atoms with van der Waals surface area (Å²) in [5.41, 5.74) is 1.05. The van der Waals surface area contributed by atoms with Gasteiger partial charge in [0.15, 0.2) is 11.5 Å². The molecule has 2 N–H and O–H groups in total. The second kappa shape index (κ2) is 7.78. The molecular weight excluding hydrogens is 294 g/mol. The first-order valence-electron chi connectivity index (χ1n) is 6.60. The maximum absolute atomic E-state index is 11.5. The molecule has 0 unspecified atom stereocenters. The summed E-state index contributed by atoms with van der Waals surface area (Å²) >= 11 is 1.09. The minimum Gasteiger partial charge on any atom is -0.486 e. The van der Waals surface area contributed by atoms with E-state index in [-0.39, 0.29) is 17.4 Å². The number of hydrogen-bond donors (Lipinski definition) is 2. The summed E-state index contributed by atoms with van der Waals surface area (Å²) in [6.07, 6.45) is 0.686. The quantitative estimate of drug-likeness (QED) is 0.779. The van der Waals surface area contributed by atoms with Gasteiger partial charge in [-0.15, -0.1) is 11.8 Å². The number of carbonyl (C=O) groups excluding carboxylic acids is 1. The highest BCUT2D eigenvalue weighted by Gasteiger charge is 2.11. The van der Waals surface area contributed by atoms with Crippen LogP contribution in [0.3, 0.4) is 0 Å². The summed E-state index contributed by atoms with van der Waals surface area (Å²) in [7, 11) is 0. The Kier molecular flexibility index (Phi) is 5.74. The van der Waals surface area contributed by atoms with E-state index in [4.69, 9.17) is 14.6 Å². The van der Waals surface area contributed by atoms with Gasteiger partial charge in [0.1, 0.15) is 13.2 Å². The fourth-order valence-electron chi connectivity index (χ4n) is 1.87. The van der Waals surface area contributed by atoms with E-state index in [0.717, 1.165) is 28.8 Å². The number of carboxylic acid groups (broad SMARTS) is 1. The van der Waals surface area contributed by atoms with E-state index in [0.29, 0.717) is 26.2 Å². The van der Waals surface area contributed by atoms with E-state index < -0.39 is 5.97 Å². The Morgan fingerprint density at radius 2 is 1.95 bits per heavy atom. The van der Waals surface area contributed by atoms with Gasteiger partial charge < -0.3 is 19.9 Å². The number of thioether (sulfide) groups is 1. The molecule has 0 aliphatic carbocycles. The van der Waals surface area contributed by atoms with Crippen LogP contribution in [-0.2, 0) is 16.0 Å².